The number of hydrogen-bond donors (Lipinski definition) is 1. The highest BCUT2D eigenvalue weighted by atomic mass is 32.2. The van der Waals surface area contributed by atoms with Crippen LogP contribution in [0.25, 0.3) is 0 Å². The summed E-state index contributed by atoms with van der Waals surface area (Å²) in [5.74, 6) is -0.0679. The van der Waals surface area contributed by atoms with Gasteiger partial charge in [-0.3, -0.25) is 14.7 Å². The van der Waals surface area contributed by atoms with Gasteiger partial charge < -0.3 is 5.32 Å². The largest absolute Gasteiger partial charge is 0.417 e. The van der Waals surface area contributed by atoms with Gasteiger partial charge in [0.15, 0.2) is 15.0 Å². The number of carbonyl (C=O) groups excluding carboxylic acids is 1. The number of carbonyl (C=O) groups is 1. The smallest absolute Gasteiger partial charge is 0.302 e. The summed E-state index contributed by atoms with van der Waals surface area (Å²) in [7, 11) is -3.30. The molecule has 12 heteroatoms. The average Bonchev–Trinajstić information content (AvgIpc) is 3.35. The van der Waals surface area contributed by atoms with E-state index >= 15 is 0 Å². The van der Waals surface area contributed by atoms with Gasteiger partial charge in [-0.05, 0) is 35.7 Å². The molecule has 7 nitrogen and oxygen atoms in total. The summed E-state index contributed by atoms with van der Waals surface area (Å²) in [6, 6.07) is 8.66. The van der Waals surface area contributed by atoms with Gasteiger partial charge in [0.25, 0.3) is 0 Å². The Morgan fingerprint density at radius 1 is 1.19 bits per heavy atom. The second kappa shape index (κ2) is 10.5. The molecular formula is C25H27F3N4O3S2. The number of alkyl halides is 3. The van der Waals surface area contributed by atoms with Gasteiger partial charge in [0.1, 0.15) is 0 Å². The van der Waals surface area contributed by atoms with Crippen LogP contribution >= 0.6 is 11.3 Å². The zero-order valence-electron chi connectivity index (χ0n) is 20.5. The minimum atomic E-state index is -4.42. The number of nitrogens with one attached hydrogen (secondary N) is 1. The first kappa shape index (κ1) is 27.2. The second-order valence-electron chi connectivity index (χ2n) is 9.23. The van der Waals surface area contributed by atoms with E-state index in [2.05, 4.69) is 20.2 Å². The molecule has 0 bridgehead atoms. The molecule has 0 fully saturated rings. The average molecular weight is 553 g/mol. The van der Waals surface area contributed by atoms with Crippen LogP contribution in [0.2, 0.25) is 0 Å². The predicted molar refractivity (Wildman–Crippen MR) is 135 cm³/mol. The van der Waals surface area contributed by atoms with Crippen LogP contribution < -0.4 is 5.32 Å². The molecule has 0 spiro atoms. The SMILES string of the molecule is CCS(=O)(=O)c1ccc(CC(=O)Nc2nc3c(s2)CN(Cc2ccc(C(F)(F)F)cn2)[C@H]3C(C)C)cc1. The fraction of sp³-hybridized carbons (Fsp3) is 0.400. The van der Waals surface area contributed by atoms with Gasteiger partial charge in [0.2, 0.25) is 5.91 Å². The number of pyridine rings is 1. The van der Waals surface area contributed by atoms with E-state index in [1.54, 1.807) is 19.1 Å². The Balaban J connectivity index is 1.41. The number of fused-ring (bicyclic) bond motifs is 1. The zero-order valence-corrected chi connectivity index (χ0v) is 22.2. The molecule has 0 radical (unpaired) electrons. The summed E-state index contributed by atoms with van der Waals surface area (Å²) in [5.41, 5.74) is 1.31. The van der Waals surface area contributed by atoms with Crippen LogP contribution in [-0.4, -0.2) is 34.9 Å². The van der Waals surface area contributed by atoms with Crippen molar-refractivity contribution in [2.45, 2.75) is 57.4 Å². The Morgan fingerprint density at radius 3 is 2.46 bits per heavy atom. The van der Waals surface area contributed by atoms with E-state index < -0.39 is 21.6 Å². The first-order valence-electron chi connectivity index (χ1n) is 11.7. The number of sulfone groups is 1. The third-order valence-electron chi connectivity index (χ3n) is 6.17. The van der Waals surface area contributed by atoms with E-state index in [0.717, 1.165) is 22.8 Å². The number of anilines is 1. The lowest BCUT2D eigenvalue weighted by Crippen LogP contribution is -2.26. The number of aromatic nitrogens is 2. The first-order chi connectivity index (χ1) is 17.4. The molecular weight excluding hydrogens is 525 g/mol. The van der Waals surface area contributed by atoms with Crippen LogP contribution in [0.15, 0.2) is 47.5 Å². The Bertz CT molecular complexity index is 1370. The van der Waals surface area contributed by atoms with Gasteiger partial charge in [-0.1, -0.05) is 32.9 Å². The van der Waals surface area contributed by atoms with Gasteiger partial charge in [-0.25, -0.2) is 13.4 Å². The van der Waals surface area contributed by atoms with Crippen LogP contribution in [0.5, 0.6) is 0 Å². The molecule has 1 N–H and O–H groups in total. The number of benzene rings is 1. The van der Waals surface area contributed by atoms with Crippen molar-refractivity contribution in [2.24, 2.45) is 5.92 Å². The highest BCUT2D eigenvalue weighted by Gasteiger charge is 2.37. The molecule has 0 aliphatic carbocycles. The Kier molecular flexibility index (Phi) is 7.72. The quantitative estimate of drug-likeness (QED) is 0.411. The van der Waals surface area contributed by atoms with Crippen molar-refractivity contribution < 1.29 is 26.4 Å². The molecule has 1 aromatic carbocycles. The van der Waals surface area contributed by atoms with Gasteiger partial charge >= 0.3 is 6.18 Å². The summed E-state index contributed by atoms with van der Waals surface area (Å²) < 4.78 is 62.4. The van der Waals surface area contributed by atoms with Crippen LogP contribution in [0, 0.1) is 5.92 Å². The molecule has 2 aromatic heterocycles. The molecule has 198 valence electrons. The van der Waals surface area contributed by atoms with E-state index in [0.29, 0.717) is 29.5 Å². The fourth-order valence-corrected chi connectivity index (χ4v) is 6.26. The van der Waals surface area contributed by atoms with Crippen molar-refractivity contribution in [3.63, 3.8) is 0 Å². The Hall–Kier alpha value is -2.83. The lowest BCUT2D eigenvalue weighted by atomic mass is 10.0. The number of nitrogens with zero attached hydrogens (tertiary/aromatic N) is 3. The second-order valence-corrected chi connectivity index (χ2v) is 12.6. The molecule has 1 atom stereocenters. The summed E-state index contributed by atoms with van der Waals surface area (Å²) >= 11 is 1.38. The first-order valence-corrected chi connectivity index (χ1v) is 14.2. The van der Waals surface area contributed by atoms with Crippen LogP contribution in [-0.2, 0) is 40.3 Å². The summed E-state index contributed by atoms with van der Waals surface area (Å²) in [6.07, 6.45) is -3.49. The van der Waals surface area contributed by atoms with Crippen molar-refractivity contribution in [2.75, 3.05) is 11.1 Å². The molecule has 0 saturated heterocycles. The molecule has 1 aliphatic heterocycles. The standard InChI is InChI=1S/C25H27F3N4O3S2/c1-4-37(34,35)19-9-5-16(6-10-19)11-21(33)30-24-31-22-20(36-24)14-32(23(22)15(2)3)13-18-8-7-17(12-29-18)25(26,27)28/h5-10,12,15,23H,4,11,13-14H2,1-3H3,(H,30,31,33)/t23-/m0/s1. The molecule has 37 heavy (non-hydrogen) atoms. The lowest BCUT2D eigenvalue weighted by molar-refractivity contribution is -0.137. The molecule has 3 aromatic rings. The monoisotopic (exact) mass is 552 g/mol. The number of halogens is 3. The lowest BCUT2D eigenvalue weighted by Gasteiger charge is -2.27. The third kappa shape index (κ3) is 6.19. The number of amides is 1. The zero-order chi connectivity index (χ0) is 27.0. The van der Waals surface area contributed by atoms with Crippen molar-refractivity contribution in [3.8, 4) is 0 Å². The maximum atomic E-state index is 12.8. The number of hydrogen-bond acceptors (Lipinski definition) is 7. The van der Waals surface area contributed by atoms with Gasteiger partial charge in [-0.15, -0.1) is 11.3 Å². The molecule has 0 saturated carbocycles. The van der Waals surface area contributed by atoms with E-state index in [1.807, 2.05) is 13.8 Å². The highest BCUT2D eigenvalue weighted by Crippen LogP contribution is 2.43. The topological polar surface area (TPSA) is 92.3 Å². The molecule has 0 unspecified atom stereocenters. The van der Waals surface area contributed by atoms with E-state index in [4.69, 9.17) is 0 Å². The Labute approximate surface area is 217 Å². The summed E-state index contributed by atoms with van der Waals surface area (Å²) in [6.45, 7) is 6.62. The molecule has 1 aliphatic rings. The molecule has 4 rings (SSSR count). The van der Waals surface area contributed by atoms with Crippen LogP contribution in [0.1, 0.15) is 54.2 Å². The maximum absolute atomic E-state index is 12.8. The van der Waals surface area contributed by atoms with Gasteiger partial charge in [0.05, 0.1) is 40.1 Å². The molecule has 1 amide bonds. The normalized spacial score (nSPS) is 16.2. The van der Waals surface area contributed by atoms with E-state index in [1.165, 1.54) is 29.5 Å². The van der Waals surface area contributed by atoms with Crippen LogP contribution in [0.4, 0.5) is 18.3 Å². The minimum absolute atomic E-state index is 0.0111. The predicted octanol–water partition coefficient (Wildman–Crippen LogP) is 5.24. The van der Waals surface area contributed by atoms with Crippen molar-refractivity contribution >= 4 is 32.2 Å². The third-order valence-corrected chi connectivity index (χ3v) is 8.89. The van der Waals surface area contributed by atoms with Gasteiger partial charge in [0, 0.05) is 24.2 Å². The summed E-state index contributed by atoms with van der Waals surface area (Å²) in [4.78, 5) is 24.6. The van der Waals surface area contributed by atoms with E-state index in [9.17, 15) is 26.4 Å². The molecule has 3 heterocycles. The van der Waals surface area contributed by atoms with Gasteiger partial charge in [-0.2, -0.15) is 13.2 Å². The van der Waals surface area contributed by atoms with Crippen molar-refractivity contribution in [3.05, 3.63) is 70.0 Å². The number of thiazole rings is 1. The highest BCUT2D eigenvalue weighted by molar-refractivity contribution is 7.91. The van der Waals surface area contributed by atoms with Crippen LogP contribution in [0.3, 0.4) is 0 Å². The van der Waals surface area contributed by atoms with Crippen molar-refractivity contribution in [1.82, 2.24) is 14.9 Å². The summed E-state index contributed by atoms with van der Waals surface area (Å²) in [5, 5.41) is 3.32. The number of rotatable bonds is 8. The van der Waals surface area contributed by atoms with E-state index in [-0.39, 0.29) is 34.9 Å². The maximum Gasteiger partial charge on any atom is 0.417 e. The Morgan fingerprint density at radius 2 is 1.89 bits per heavy atom. The van der Waals surface area contributed by atoms with Crippen molar-refractivity contribution in [1.29, 1.82) is 0 Å². The fourth-order valence-electron chi connectivity index (χ4n) is 4.33. The minimum Gasteiger partial charge on any atom is -0.302 e.